The zero-order valence-electron chi connectivity index (χ0n) is 12.1. The maximum absolute atomic E-state index is 14.0. The van der Waals surface area contributed by atoms with Gasteiger partial charge in [-0.2, -0.15) is 0 Å². The Bertz CT molecular complexity index is 443. The van der Waals surface area contributed by atoms with Crippen molar-refractivity contribution >= 4 is 11.6 Å². The van der Waals surface area contributed by atoms with Gasteiger partial charge in [0.25, 0.3) is 0 Å². The first-order chi connectivity index (χ1) is 9.49. The van der Waals surface area contributed by atoms with E-state index < -0.39 is 11.6 Å². The van der Waals surface area contributed by atoms with Crippen LogP contribution in [0, 0.1) is 11.6 Å². The van der Waals surface area contributed by atoms with E-state index >= 15 is 0 Å². The van der Waals surface area contributed by atoms with E-state index in [0.29, 0.717) is 12.1 Å². The number of benzene rings is 1. The normalized spacial score (nSPS) is 10.4. The highest BCUT2D eigenvalue weighted by atomic mass is 19.1. The molecule has 0 aliphatic rings. The summed E-state index contributed by atoms with van der Waals surface area (Å²) < 4.78 is 28.0. The lowest BCUT2D eigenvalue weighted by molar-refractivity contribution is -0.119. The number of rotatable bonds is 7. The van der Waals surface area contributed by atoms with Crippen molar-refractivity contribution in [2.45, 2.75) is 19.9 Å². The molecule has 0 saturated carbocycles. The molecule has 1 amide bonds. The minimum absolute atomic E-state index is 0.0994. The smallest absolute Gasteiger partial charge is 0.239 e. The molecule has 1 aromatic carbocycles. The number of halogens is 2. The molecule has 0 fully saturated rings. The Hall–Kier alpha value is -1.69. The molecule has 0 unspecified atom stereocenters. The molecule has 0 bridgehead atoms. The molecule has 0 aromatic heterocycles. The molecule has 0 spiro atoms. The van der Waals surface area contributed by atoms with E-state index in [-0.39, 0.29) is 18.1 Å². The molecule has 0 atom stereocenters. The Morgan fingerprint density at radius 1 is 1.30 bits per heavy atom. The van der Waals surface area contributed by atoms with Gasteiger partial charge < -0.3 is 15.5 Å². The van der Waals surface area contributed by atoms with Gasteiger partial charge in [0.15, 0.2) is 0 Å². The summed E-state index contributed by atoms with van der Waals surface area (Å²) in [6.45, 7) is 3.13. The van der Waals surface area contributed by atoms with Gasteiger partial charge in [-0.15, -0.1) is 0 Å². The standard InChI is InChI=1S/C14H21F2N3O/c1-4-5-18-8-10-6-11(15)14(12(16)7-10)19(3)9-13(20)17-2/h6-7,18H,4-5,8-9H2,1-3H3,(H,17,20). The van der Waals surface area contributed by atoms with Crippen molar-refractivity contribution in [2.75, 3.05) is 32.1 Å². The zero-order valence-corrected chi connectivity index (χ0v) is 12.1. The fourth-order valence-electron chi connectivity index (χ4n) is 1.87. The Balaban J connectivity index is 2.85. The van der Waals surface area contributed by atoms with Crippen molar-refractivity contribution in [3.05, 3.63) is 29.3 Å². The molecule has 0 aliphatic heterocycles. The van der Waals surface area contributed by atoms with E-state index in [4.69, 9.17) is 0 Å². The van der Waals surface area contributed by atoms with Crippen LogP contribution in [0.3, 0.4) is 0 Å². The number of nitrogens with one attached hydrogen (secondary N) is 2. The van der Waals surface area contributed by atoms with Gasteiger partial charge in [-0.3, -0.25) is 4.79 Å². The first-order valence-corrected chi connectivity index (χ1v) is 6.60. The largest absolute Gasteiger partial charge is 0.361 e. The van der Waals surface area contributed by atoms with Crippen LogP contribution in [0.25, 0.3) is 0 Å². The van der Waals surface area contributed by atoms with Gasteiger partial charge in [-0.25, -0.2) is 8.78 Å². The minimum atomic E-state index is -0.662. The molecule has 0 heterocycles. The van der Waals surface area contributed by atoms with Crippen LogP contribution in [-0.4, -0.2) is 33.1 Å². The number of amides is 1. The fourth-order valence-corrected chi connectivity index (χ4v) is 1.87. The third-order valence-corrected chi connectivity index (χ3v) is 2.87. The second-order valence-electron chi connectivity index (χ2n) is 4.61. The van der Waals surface area contributed by atoms with Crippen LogP contribution in [0.1, 0.15) is 18.9 Å². The number of carbonyl (C=O) groups excluding carboxylic acids is 1. The van der Waals surface area contributed by atoms with Crippen LogP contribution in [0.15, 0.2) is 12.1 Å². The van der Waals surface area contributed by atoms with Gasteiger partial charge in [0.1, 0.15) is 17.3 Å². The van der Waals surface area contributed by atoms with E-state index in [9.17, 15) is 13.6 Å². The molecule has 112 valence electrons. The third-order valence-electron chi connectivity index (χ3n) is 2.87. The lowest BCUT2D eigenvalue weighted by atomic mass is 10.1. The number of hydrogen-bond donors (Lipinski definition) is 2. The van der Waals surface area contributed by atoms with Gasteiger partial charge in [0.2, 0.25) is 5.91 Å². The number of anilines is 1. The predicted octanol–water partition coefficient (Wildman–Crippen LogP) is 1.65. The zero-order chi connectivity index (χ0) is 15.1. The highest BCUT2D eigenvalue weighted by Gasteiger charge is 2.17. The highest BCUT2D eigenvalue weighted by molar-refractivity contribution is 5.81. The van der Waals surface area contributed by atoms with Crippen LogP contribution in [0.5, 0.6) is 0 Å². The Morgan fingerprint density at radius 3 is 2.40 bits per heavy atom. The summed E-state index contributed by atoms with van der Waals surface area (Å²) in [5, 5.41) is 5.50. The van der Waals surface area contributed by atoms with E-state index in [2.05, 4.69) is 10.6 Å². The quantitative estimate of drug-likeness (QED) is 0.749. The maximum Gasteiger partial charge on any atom is 0.239 e. The number of hydrogen-bond acceptors (Lipinski definition) is 3. The molecule has 2 N–H and O–H groups in total. The van der Waals surface area contributed by atoms with Gasteiger partial charge in [-0.1, -0.05) is 6.92 Å². The molecule has 1 rings (SSSR count). The van der Waals surface area contributed by atoms with Gasteiger partial charge >= 0.3 is 0 Å². The summed E-state index contributed by atoms with van der Waals surface area (Å²) >= 11 is 0. The second kappa shape index (κ2) is 7.79. The molecule has 0 aliphatic carbocycles. The average molecular weight is 285 g/mol. The summed E-state index contributed by atoms with van der Waals surface area (Å²) in [4.78, 5) is 12.5. The molecule has 20 heavy (non-hydrogen) atoms. The van der Waals surface area contributed by atoms with Crippen LogP contribution >= 0.6 is 0 Å². The van der Waals surface area contributed by atoms with Crippen molar-refractivity contribution in [2.24, 2.45) is 0 Å². The van der Waals surface area contributed by atoms with E-state index in [0.717, 1.165) is 13.0 Å². The first-order valence-electron chi connectivity index (χ1n) is 6.60. The van der Waals surface area contributed by atoms with E-state index in [1.165, 1.54) is 31.1 Å². The molecule has 1 aromatic rings. The molecular formula is C14H21F2N3O. The Kier molecular flexibility index (Phi) is 6.38. The second-order valence-corrected chi connectivity index (χ2v) is 4.61. The first kappa shape index (κ1) is 16.4. The van der Waals surface area contributed by atoms with Crippen LogP contribution < -0.4 is 15.5 Å². The fraction of sp³-hybridized carbons (Fsp3) is 0.500. The van der Waals surface area contributed by atoms with Crippen LogP contribution in [0.4, 0.5) is 14.5 Å². The summed E-state index contributed by atoms with van der Waals surface area (Å²) in [7, 11) is 2.96. The van der Waals surface area contributed by atoms with Crippen LogP contribution in [-0.2, 0) is 11.3 Å². The maximum atomic E-state index is 14.0. The van der Waals surface area contributed by atoms with Crippen molar-refractivity contribution in [3.63, 3.8) is 0 Å². The topological polar surface area (TPSA) is 44.4 Å². The van der Waals surface area contributed by atoms with Crippen molar-refractivity contribution in [3.8, 4) is 0 Å². The summed E-state index contributed by atoms with van der Waals surface area (Å²) in [5.74, 6) is -1.63. The Labute approximate surface area is 118 Å². The van der Waals surface area contributed by atoms with Gasteiger partial charge in [0, 0.05) is 20.6 Å². The molecule has 4 nitrogen and oxygen atoms in total. The molecule has 6 heteroatoms. The third kappa shape index (κ3) is 4.45. The Morgan fingerprint density at radius 2 is 1.90 bits per heavy atom. The monoisotopic (exact) mass is 285 g/mol. The van der Waals surface area contributed by atoms with Crippen molar-refractivity contribution in [1.29, 1.82) is 0 Å². The lowest BCUT2D eigenvalue weighted by Crippen LogP contribution is -2.34. The van der Waals surface area contributed by atoms with Crippen molar-refractivity contribution in [1.82, 2.24) is 10.6 Å². The summed E-state index contributed by atoms with van der Waals surface area (Å²) in [6.07, 6.45) is 0.956. The molecule has 0 saturated heterocycles. The molecular weight excluding hydrogens is 264 g/mol. The van der Waals surface area contributed by atoms with Crippen molar-refractivity contribution < 1.29 is 13.6 Å². The average Bonchev–Trinajstić information content (AvgIpc) is 2.38. The minimum Gasteiger partial charge on any atom is -0.361 e. The molecule has 0 radical (unpaired) electrons. The SMILES string of the molecule is CCCNCc1cc(F)c(N(C)CC(=O)NC)c(F)c1. The number of likely N-dealkylation sites (N-methyl/N-ethyl adjacent to an activating group) is 2. The van der Waals surface area contributed by atoms with Gasteiger partial charge in [0.05, 0.1) is 6.54 Å². The number of nitrogens with zero attached hydrogens (tertiary/aromatic N) is 1. The summed E-state index contributed by atoms with van der Waals surface area (Å²) in [6, 6.07) is 2.59. The predicted molar refractivity (Wildman–Crippen MR) is 75.7 cm³/mol. The van der Waals surface area contributed by atoms with Crippen LogP contribution in [0.2, 0.25) is 0 Å². The number of carbonyl (C=O) groups is 1. The van der Waals surface area contributed by atoms with E-state index in [1.807, 2.05) is 6.92 Å². The van der Waals surface area contributed by atoms with E-state index in [1.54, 1.807) is 0 Å². The highest BCUT2D eigenvalue weighted by Crippen LogP contribution is 2.24. The summed E-state index contributed by atoms with van der Waals surface area (Å²) in [5.41, 5.74) is 0.360. The lowest BCUT2D eigenvalue weighted by Gasteiger charge is -2.20. The van der Waals surface area contributed by atoms with Gasteiger partial charge in [-0.05, 0) is 30.7 Å².